The van der Waals surface area contributed by atoms with Crippen LogP contribution < -0.4 is 0 Å². The third kappa shape index (κ3) is 4.98. The van der Waals surface area contributed by atoms with E-state index in [2.05, 4.69) is 56.6 Å². The molecule has 1 atom stereocenters. The van der Waals surface area contributed by atoms with Gasteiger partial charge in [-0.2, -0.15) is 0 Å². The van der Waals surface area contributed by atoms with Crippen molar-refractivity contribution in [2.45, 2.75) is 25.6 Å². The van der Waals surface area contributed by atoms with Crippen molar-refractivity contribution in [2.24, 2.45) is 0 Å². The number of carbonyl (C=O) groups excluding carboxylic acids is 1. The third-order valence-corrected chi connectivity index (χ3v) is 5.80. The number of aryl methyl sites for hydroxylation is 1. The highest BCUT2D eigenvalue weighted by Crippen LogP contribution is 2.24. The number of hydrogen-bond donors (Lipinski definition) is 0. The molecule has 3 heterocycles. The van der Waals surface area contributed by atoms with Crippen LogP contribution in [0.1, 0.15) is 23.9 Å². The first kappa shape index (κ1) is 19.9. The van der Waals surface area contributed by atoms with Gasteiger partial charge in [-0.05, 0) is 23.0 Å². The Bertz CT molecular complexity index is 791. The second-order valence-corrected chi connectivity index (χ2v) is 7.70. The molecule has 9 heteroatoms. The standard InChI is InChI=1S/C20H29N7O2/c1-24-9-10-26(15-18(24)17-5-3-2-4-6-17)20(28)7-8-27-19(21-22-23-27)16-25-11-13-29-14-12-25/h2-6,18H,7-16H2,1H3. The molecule has 0 bridgehead atoms. The number of rotatable bonds is 6. The van der Waals surface area contributed by atoms with E-state index in [-0.39, 0.29) is 11.9 Å². The zero-order valence-electron chi connectivity index (χ0n) is 17.0. The maximum absolute atomic E-state index is 12.9. The van der Waals surface area contributed by atoms with E-state index < -0.39 is 0 Å². The van der Waals surface area contributed by atoms with Crippen molar-refractivity contribution in [1.82, 2.24) is 34.9 Å². The highest BCUT2D eigenvalue weighted by Gasteiger charge is 2.28. The molecule has 1 aromatic heterocycles. The number of piperazine rings is 1. The van der Waals surface area contributed by atoms with E-state index in [4.69, 9.17) is 4.74 Å². The Morgan fingerprint density at radius 2 is 1.93 bits per heavy atom. The van der Waals surface area contributed by atoms with Gasteiger partial charge in [0.15, 0.2) is 5.82 Å². The first-order chi connectivity index (χ1) is 14.2. The number of morpholine rings is 1. The molecule has 0 N–H and O–H groups in total. The Balaban J connectivity index is 1.32. The van der Waals surface area contributed by atoms with Gasteiger partial charge < -0.3 is 9.64 Å². The second-order valence-electron chi connectivity index (χ2n) is 7.70. The molecule has 1 aromatic carbocycles. The number of hydrogen-bond acceptors (Lipinski definition) is 7. The lowest BCUT2D eigenvalue weighted by atomic mass is 10.0. The Morgan fingerprint density at radius 3 is 2.72 bits per heavy atom. The maximum atomic E-state index is 12.9. The predicted molar refractivity (Wildman–Crippen MR) is 107 cm³/mol. The molecular formula is C20H29N7O2. The van der Waals surface area contributed by atoms with Crippen molar-refractivity contribution in [2.75, 3.05) is 53.0 Å². The SMILES string of the molecule is CN1CCN(C(=O)CCn2nnnc2CN2CCOCC2)CC1c1ccccc1. The van der Waals surface area contributed by atoms with E-state index >= 15 is 0 Å². The van der Waals surface area contributed by atoms with Crippen molar-refractivity contribution < 1.29 is 9.53 Å². The fourth-order valence-corrected chi connectivity index (χ4v) is 3.96. The number of amides is 1. The minimum Gasteiger partial charge on any atom is -0.379 e. The topological polar surface area (TPSA) is 79.6 Å². The van der Waals surface area contributed by atoms with Crippen LogP contribution >= 0.6 is 0 Å². The summed E-state index contributed by atoms with van der Waals surface area (Å²) >= 11 is 0. The highest BCUT2D eigenvalue weighted by atomic mass is 16.5. The summed E-state index contributed by atoms with van der Waals surface area (Å²) in [6, 6.07) is 10.6. The molecule has 0 aliphatic carbocycles. The molecule has 2 saturated heterocycles. The van der Waals surface area contributed by atoms with Gasteiger partial charge in [0.05, 0.1) is 32.3 Å². The molecule has 1 unspecified atom stereocenters. The number of aromatic nitrogens is 4. The van der Waals surface area contributed by atoms with Gasteiger partial charge in [-0.25, -0.2) is 4.68 Å². The van der Waals surface area contributed by atoms with Crippen LogP contribution in [0.5, 0.6) is 0 Å². The second kappa shape index (κ2) is 9.43. The maximum Gasteiger partial charge on any atom is 0.224 e. The summed E-state index contributed by atoms with van der Waals surface area (Å²) in [6.07, 6.45) is 0.409. The Hall–Kier alpha value is -2.36. The number of benzene rings is 1. The van der Waals surface area contributed by atoms with Gasteiger partial charge in [0.25, 0.3) is 0 Å². The minimum absolute atomic E-state index is 0.159. The molecule has 156 valence electrons. The van der Waals surface area contributed by atoms with E-state index in [1.165, 1.54) is 5.56 Å². The molecule has 2 aliphatic heterocycles. The zero-order valence-corrected chi connectivity index (χ0v) is 17.0. The Morgan fingerprint density at radius 1 is 1.14 bits per heavy atom. The zero-order chi connectivity index (χ0) is 20.1. The monoisotopic (exact) mass is 399 g/mol. The fraction of sp³-hybridized carbons (Fsp3) is 0.600. The summed E-state index contributed by atoms with van der Waals surface area (Å²) in [4.78, 5) is 19.4. The molecule has 2 aliphatic rings. The first-order valence-corrected chi connectivity index (χ1v) is 10.3. The summed E-state index contributed by atoms with van der Waals surface area (Å²) in [7, 11) is 2.12. The van der Waals surface area contributed by atoms with Crippen LogP contribution in [0.25, 0.3) is 0 Å². The molecule has 4 rings (SSSR count). The molecule has 9 nitrogen and oxygen atoms in total. The quantitative estimate of drug-likeness (QED) is 0.696. The Labute approximate surface area is 171 Å². The lowest BCUT2D eigenvalue weighted by Crippen LogP contribution is -2.49. The third-order valence-electron chi connectivity index (χ3n) is 5.80. The van der Waals surface area contributed by atoms with Gasteiger partial charge in [0.2, 0.25) is 5.91 Å². The minimum atomic E-state index is 0.159. The number of tetrazole rings is 1. The summed E-state index contributed by atoms with van der Waals surface area (Å²) in [5.74, 6) is 0.965. The summed E-state index contributed by atoms with van der Waals surface area (Å²) in [6.45, 7) is 6.80. The van der Waals surface area contributed by atoms with Crippen molar-refractivity contribution in [3.63, 3.8) is 0 Å². The number of ether oxygens (including phenoxy) is 1. The largest absolute Gasteiger partial charge is 0.379 e. The summed E-state index contributed by atoms with van der Waals surface area (Å²) in [5, 5.41) is 12.1. The van der Waals surface area contributed by atoms with Crippen LogP contribution in [0.2, 0.25) is 0 Å². The van der Waals surface area contributed by atoms with Crippen molar-refractivity contribution in [3.8, 4) is 0 Å². The predicted octanol–water partition coefficient (Wildman–Crippen LogP) is 0.411. The van der Waals surface area contributed by atoms with Crippen LogP contribution in [-0.4, -0.2) is 93.8 Å². The number of carbonyl (C=O) groups is 1. The fourth-order valence-electron chi connectivity index (χ4n) is 3.96. The van der Waals surface area contributed by atoms with Gasteiger partial charge in [-0.15, -0.1) is 5.10 Å². The van der Waals surface area contributed by atoms with Crippen molar-refractivity contribution >= 4 is 5.91 Å². The Kier molecular flexibility index (Phi) is 6.48. The van der Waals surface area contributed by atoms with Crippen LogP contribution in [0.4, 0.5) is 0 Å². The van der Waals surface area contributed by atoms with Crippen LogP contribution in [0, 0.1) is 0 Å². The molecule has 0 saturated carbocycles. The van der Waals surface area contributed by atoms with Crippen molar-refractivity contribution in [3.05, 3.63) is 41.7 Å². The molecule has 1 amide bonds. The number of nitrogens with zero attached hydrogens (tertiary/aromatic N) is 7. The summed E-state index contributed by atoms with van der Waals surface area (Å²) < 4.78 is 7.15. The van der Waals surface area contributed by atoms with E-state index in [9.17, 15) is 4.79 Å². The van der Waals surface area contributed by atoms with Gasteiger partial charge in [-0.3, -0.25) is 14.6 Å². The van der Waals surface area contributed by atoms with Gasteiger partial charge in [-0.1, -0.05) is 30.3 Å². The van der Waals surface area contributed by atoms with E-state index in [0.29, 0.717) is 19.5 Å². The molecule has 0 spiro atoms. The van der Waals surface area contributed by atoms with E-state index in [1.807, 2.05) is 11.0 Å². The molecular weight excluding hydrogens is 370 g/mol. The smallest absolute Gasteiger partial charge is 0.224 e. The highest BCUT2D eigenvalue weighted by molar-refractivity contribution is 5.76. The van der Waals surface area contributed by atoms with E-state index in [0.717, 1.165) is 51.8 Å². The van der Waals surface area contributed by atoms with Gasteiger partial charge >= 0.3 is 0 Å². The summed E-state index contributed by atoms with van der Waals surface area (Å²) in [5.41, 5.74) is 1.25. The van der Waals surface area contributed by atoms with Crippen LogP contribution in [0.15, 0.2) is 30.3 Å². The first-order valence-electron chi connectivity index (χ1n) is 10.3. The lowest BCUT2D eigenvalue weighted by Gasteiger charge is -2.39. The number of likely N-dealkylation sites (N-methyl/N-ethyl adjacent to an activating group) is 1. The van der Waals surface area contributed by atoms with Crippen LogP contribution in [-0.2, 0) is 22.6 Å². The molecule has 0 radical (unpaired) electrons. The molecule has 2 fully saturated rings. The van der Waals surface area contributed by atoms with Crippen LogP contribution in [0.3, 0.4) is 0 Å². The normalized spacial score (nSPS) is 21.4. The lowest BCUT2D eigenvalue weighted by molar-refractivity contribution is -0.134. The average Bonchev–Trinajstić information content (AvgIpc) is 3.20. The van der Waals surface area contributed by atoms with Gasteiger partial charge in [0.1, 0.15) is 0 Å². The van der Waals surface area contributed by atoms with Gasteiger partial charge in [0, 0.05) is 39.1 Å². The molecule has 2 aromatic rings. The van der Waals surface area contributed by atoms with E-state index in [1.54, 1.807) is 4.68 Å². The molecule has 29 heavy (non-hydrogen) atoms. The van der Waals surface area contributed by atoms with Crippen molar-refractivity contribution in [1.29, 1.82) is 0 Å². The average molecular weight is 399 g/mol.